The Labute approximate surface area is 182 Å². The van der Waals surface area contributed by atoms with Gasteiger partial charge in [-0.1, -0.05) is 44.3 Å². The molecule has 0 radical (unpaired) electrons. The summed E-state index contributed by atoms with van der Waals surface area (Å²) in [6, 6.07) is 10.1. The Kier molecular flexibility index (Phi) is 8.41. The average Bonchev–Trinajstić information content (AvgIpc) is 2.72. The maximum atomic E-state index is 12.7. The van der Waals surface area contributed by atoms with Gasteiger partial charge >= 0.3 is 5.97 Å². The van der Waals surface area contributed by atoms with Crippen molar-refractivity contribution in [1.82, 2.24) is 10.3 Å². The van der Waals surface area contributed by atoms with Crippen LogP contribution in [0.15, 0.2) is 42.6 Å². The number of para-hydroxylation sites is 1. The molecule has 0 saturated heterocycles. The van der Waals surface area contributed by atoms with E-state index in [4.69, 9.17) is 26.4 Å². The lowest BCUT2D eigenvalue weighted by molar-refractivity contribution is -0.158. The number of rotatable bonds is 9. The Balaban J connectivity index is 2.02. The summed E-state index contributed by atoms with van der Waals surface area (Å²) in [6.07, 6.45) is 0.654. The Bertz CT molecular complexity index is 860. The highest BCUT2D eigenvalue weighted by Crippen LogP contribution is 2.27. The molecule has 2 N–H and O–H groups in total. The third kappa shape index (κ3) is 6.06. The summed E-state index contributed by atoms with van der Waals surface area (Å²) in [4.78, 5) is 16.9. The maximum absolute atomic E-state index is 12.7. The van der Waals surface area contributed by atoms with Gasteiger partial charge < -0.3 is 24.6 Å². The molecule has 7 nitrogen and oxygen atoms in total. The number of thiocarbonyl (C=S) groups is 1. The first-order valence-electron chi connectivity index (χ1n) is 9.69. The van der Waals surface area contributed by atoms with Crippen LogP contribution < -0.4 is 14.8 Å². The van der Waals surface area contributed by atoms with E-state index in [0.717, 1.165) is 0 Å². The van der Waals surface area contributed by atoms with Crippen LogP contribution in [-0.2, 0) is 9.53 Å². The van der Waals surface area contributed by atoms with E-state index in [-0.39, 0.29) is 34.2 Å². The van der Waals surface area contributed by atoms with E-state index in [9.17, 15) is 9.90 Å². The number of pyridine rings is 1. The van der Waals surface area contributed by atoms with Crippen molar-refractivity contribution < 1.29 is 24.1 Å². The topological polar surface area (TPSA) is 89.9 Å². The van der Waals surface area contributed by atoms with Crippen molar-refractivity contribution in [1.29, 1.82) is 0 Å². The average molecular weight is 433 g/mol. The summed E-state index contributed by atoms with van der Waals surface area (Å²) < 4.78 is 16.7. The SMILES string of the molecule is COc1ccnc(C(=S)N[C@@H](C)C(=O)O[C@H](C(C)C)[C@H](C)Oc2ccccc2)c1O. The molecule has 1 aromatic carbocycles. The van der Waals surface area contributed by atoms with Crippen LogP contribution in [0.2, 0.25) is 0 Å². The Morgan fingerprint density at radius 3 is 2.40 bits per heavy atom. The van der Waals surface area contributed by atoms with Gasteiger partial charge in [-0.3, -0.25) is 0 Å². The normalized spacial score (nSPS) is 13.8. The van der Waals surface area contributed by atoms with E-state index >= 15 is 0 Å². The number of hydrogen-bond donors (Lipinski definition) is 2. The number of nitrogens with one attached hydrogen (secondary N) is 1. The van der Waals surface area contributed by atoms with Crippen LogP contribution in [0.25, 0.3) is 0 Å². The lowest BCUT2D eigenvalue weighted by Gasteiger charge is -2.29. The molecular weight excluding hydrogens is 404 g/mol. The first-order valence-corrected chi connectivity index (χ1v) is 10.1. The Morgan fingerprint density at radius 1 is 1.13 bits per heavy atom. The number of ether oxygens (including phenoxy) is 3. The molecule has 0 unspecified atom stereocenters. The standard InChI is InChI=1S/C22H28N2O5S/c1-13(2)20(15(4)28-16-9-7-6-8-10-16)29-22(26)14(3)24-21(30)18-19(25)17(27-5)11-12-23-18/h6-15,20,25H,1-5H3,(H,24,30)/t14-,15-,20+/m0/s1. The van der Waals surface area contributed by atoms with Gasteiger partial charge in [0.1, 0.15) is 34.7 Å². The number of hydrogen-bond acceptors (Lipinski definition) is 7. The molecule has 30 heavy (non-hydrogen) atoms. The fraction of sp³-hybridized carbons (Fsp3) is 0.409. The molecule has 0 spiro atoms. The third-order valence-corrected chi connectivity index (χ3v) is 4.77. The first-order chi connectivity index (χ1) is 14.2. The zero-order valence-corrected chi connectivity index (χ0v) is 18.6. The van der Waals surface area contributed by atoms with E-state index in [2.05, 4.69) is 10.3 Å². The summed E-state index contributed by atoms with van der Waals surface area (Å²) in [5.41, 5.74) is 0.130. The highest BCUT2D eigenvalue weighted by Gasteiger charge is 2.29. The molecular formula is C22H28N2O5S. The Morgan fingerprint density at radius 2 is 1.80 bits per heavy atom. The number of carbonyl (C=O) groups excluding carboxylic acids is 1. The molecule has 0 aliphatic carbocycles. The van der Waals surface area contributed by atoms with Gasteiger partial charge in [-0.05, 0) is 31.9 Å². The summed E-state index contributed by atoms with van der Waals surface area (Å²) in [6.45, 7) is 7.42. The van der Waals surface area contributed by atoms with Crippen LogP contribution in [-0.4, -0.2) is 46.4 Å². The Hall–Kier alpha value is -2.87. The zero-order chi connectivity index (χ0) is 22.3. The van der Waals surface area contributed by atoms with Crippen molar-refractivity contribution in [2.45, 2.75) is 45.9 Å². The molecule has 162 valence electrons. The number of nitrogens with zero attached hydrogens (tertiary/aromatic N) is 1. The molecule has 0 aliphatic rings. The number of aromatic hydroxyl groups is 1. The zero-order valence-electron chi connectivity index (χ0n) is 17.8. The largest absolute Gasteiger partial charge is 0.503 e. The fourth-order valence-electron chi connectivity index (χ4n) is 2.88. The number of benzene rings is 1. The van der Waals surface area contributed by atoms with Crippen molar-refractivity contribution in [2.24, 2.45) is 5.92 Å². The molecule has 0 fully saturated rings. The van der Waals surface area contributed by atoms with Gasteiger partial charge in [0, 0.05) is 12.3 Å². The van der Waals surface area contributed by atoms with Gasteiger partial charge in [0.25, 0.3) is 0 Å². The second kappa shape index (κ2) is 10.8. The van der Waals surface area contributed by atoms with Crippen LogP contribution in [0, 0.1) is 5.92 Å². The highest BCUT2D eigenvalue weighted by molar-refractivity contribution is 7.80. The highest BCUT2D eigenvalue weighted by atomic mass is 32.1. The van der Waals surface area contributed by atoms with E-state index in [0.29, 0.717) is 5.75 Å². The molecule has 2 aromatic rings. The predicted octanol–water partition coefficient (Wildman–Crippen LogP) is 3.48. The minimum atomic E-state index is -0.755. The smallest absolute Gasteiger partial charge is 0.328 e. The van der Waals surface area contributed by atoms with Crippen LogP contribution in [0.5, 0.6) is 17.2 Å². The quantitative estimate of drug-likeness (QED) is 0.460. The van der Waals surface area contributed by atoms with Crippen molar-refractivity contribution in [3.05, 3.63) is 48.3 Å². The predicted molar refractivity (Wildman–Crippen MR) is 118 cm³/mol. The van der Waals surface area contributed by atoms with E-state index in [1.165, 1.54) is 19.4 Å². The minimum absolute atomic E-state index is 0.0379. The van der Waals surface area contributed by atoms with Crippen molar-refractivity contribution >= 4 is 23.2 Å². The van der Waals surface area contributed by atoms with Crippen LogP contribution in [0.4, 0.5) is 0 Å². The lowest BCUT2D eigenvalue weighted by Crippen LogP contribution is -2.44. The first kappa shape index (κ1) is 23.4. The van der Waals surface area contributed by atoms with Gasteiger partial charge in [-0.2, -0.15) is 0 Å². The van der Waals surface area contributed by atoms with Crippen molar-refractivity contribution in [3.8, 4) is 17.2 Å². The van der Waals surface area contributed by atoms with Crippen molar-refractivity contribution in [2.75, 3.05) is 7.11 Å². The molecule has 8 heteroatoms. The second-order valence-corrected chi connectivity index (χ2v) is 7.60. The second-order valence-electron chi connectivity index (χ2n) is 7.19. The number of aromatic nitrogens is 1. The minimum Gasteiger partial charge on any atom is -0.503 e. The number of esters is 1. The molecule has 0 bridgehead atoms. The van der Waals surface area contributed by atoms with Gasteiger partial charge in [-0.25, -0.2) is 9.78 Å². The summed E-state index contributed by atoms with van der Waals surface area (Å²) in [5.74, 6) is 0.311. The van der Waals surface area contributed by atoms with Crippen LogP contribution in [0.1, 0.15) is 33.4 Å². The molecule has 0 aliphatic heterocycles. The molecule has 1 heterocycles. The van der Waals surface area contributed by atoms with Crippen LogP contribution >= 0.6 is 12.2 Å². The van der Waals surface area contributed by atoms with E-state index < -0.39 is 18.1 Å². The summed E-state index contributed by atoms with van der Waals surface area (Å²) in [5, 5.41) is 13.1. The van der Waals surface area contributed by atoms with Gasteiger partial charge in [0.05, 0.1) is 7.11 Å². The molecule has 0 amide bonds. The van der Waals surface area contributed by atoms with Gasteiger partial charge in [0.2, 0.25) is 0 Å². The number of carbonyl (C=O) groups is 1. The lowest BCUT2D eigenvalue weighted by atomic mass is 10.0. The fourth-order valence-corrected chi connectivity index (χ4v) is 3.21. The van der Waals surface area contributed by atoms with Crippen molar-refractivity contribution in [3.63, 3.8) is 0 Å². The van der Waals surface area contributed by atoms with Gasteiger partial charge in [-0.15, -0.1) is 0 Å². The number of methoxy groups -OCH3 is 1. The van der Waals surface area contributed by atoms with E-state index in [1.807, 2.05) is 51.1 Å². The maximum Gasteiger partial charge on any atom is 0.328 e. The molecule has 3 atom stereocenters. The van der Waals surface area contributed by atoms with Crippen LogP contribution in [0.3, 0.4) is 0 Å². The molecule has 0 saturated carbocycles. The monoisotopic (exact) mass is 432 g/mol. The third-order valence-electron chi connectivity index (χ3n) is 4.46. The summed E-state index contributed by atoms with van der Waals surface area (Å²) in [7, 11) is 1.43. The van der Waals surface area contributed by atoms with Gasteiger partial charge in [0.15, 0.2) is 11.5 Å². The summed E-state index contributed by atoms with van der Waals surface area (Å²) >= 11 is 5.29. The molecule has 1 aromatic heterocycles. The molecule has 2 rings (SSSR count). The van der Waals surface area contributed by atoms with E-state index in [1.54, 1.807) is 6.92 Å².